The van der Waals surface area contributed by atoms with Gasteiger partial charge in [0.15, 0.2) is 11.5 Å². The Morgan fingerprint density at radius 2 is 1.65 bits per heavy atom. The van der Waals surface area contributed by atoms with Crippen LogP contribution in [0.3, 0.4) is 0 Å². The van der Waals surface area contributed by atoms with Crippen molar-refractivity contribution in [2.75, 3.05) is 21.3 Å². The Kier molecular flexibility index (Phi) is 4.33. The molecule has 0 heterocycles. The molecule has 0 amide bonds. The van der Waals surface area contributed by atoms with E-state index in [1.54, 1.807) is 0 Å². The van der Waals surface area contributed by atoms with Gasteiger partial charge in [-0.2, -0.15) is 0 Å². The third-order valence-corrected chi connectivity index (χ3v) is 2.09. The standard InChI is InChI=1S/C11H13NO5/c1-14-8-4-7(11(12)17-6-13)5-9(15-2)10(8)16-3/h4-6,12H,1-3H3. The van der Waals surface area contributed by atoms with Gasteiger partial charge in [-0.05, 0) is 12.1 Å². The molecule has 0 radical (unpaired) electrons. The van der Waals surface area contributed by atoms with E-state index in [1.165, 1.54) is 33.5 Å². The van der Waals surface area contributed by atoms with Gasteiger partial charge in [0.2, 0.25) is 11.6 Å². The van der Waals surface area contributed by atoms with Crippen LogP contribution in [0.2, 0.25) is 0 Å². The van der Waals surface area contributed by atoms with Crippen molar-refractivity contribution in [2.24, 2.45) is 0 Å². The van der Waals surface area contributed by atoms with Gasteiger partial charge in [0.25, 0.3) is 6.47 Å². The number of benzene rings is 1. The lowest BCUT2D eigenvalue weighted by Crippen LogP contribution is -2.05. The van der Waals surface area contributed by atoms with Crippen LogP contribution in [0.15, 0.2) is 12.1 Å². The highest BCUT2D eigenvalue weighted by Crippen LogP contribution is 2.38. The van der Waals surface area contributed by atoms with E-state index < -0.39 is 0 Å². The summed E-state index contributed by atoms with van der Waals surface area (Å²) in [6, 6.07) is 3.04. The SMILES string of the molecule is COc1cc(C(=N)OC=O)cc(OC)c1OC. The smallest absolute Gasteiger partial charge is 0.299 e. The minimum atomic E-state index is -0.292. The van der Waals surface area contributed by atoms with Crippen molar-refractivity contribution in [3.8, 4) is 17.2 Å². The highest BCUT2D eigenvalue weighted by atomic mass is 16.5. The van der Waals surface area contributed by atoms with Gasteiger partial charge in [-0.3, -0.25) is 10.2 Å². The van der Waals surface area contributed by atoms with Crippen LogP contribution in [-0.2, 0) is 9.53 Å². The first kappa shape index (κ1) is 12.8. The number of hydrogen-bond donors (Lipinski definition) is 1. The first-order chi connectivity index (χ1) is 8.17. The number of nitrogens with one attached hydrogen (secondary N) is 1. The van der Waals surface area contributed by atoms with Gasteiger partial charge >= 0.3 is 0 Å². The van der Waals surface area contributed by atoms with Crippen LogP contribution >= 0.6 is 0 Å². The van der Waals surface area contributed by atoms with E-state index in [1.807, 2.05) is 0 Å². The molecule has 0 saturated carbocycles. The number of carbonyl (C=O) groups excluding carboxylic acids is 1. The summed E-state index contributed by atoms with van der Waals surface area (Å²) in [7, 11) is 4.41. The summed E-state index contributed by atoms with van der Waals surface area (Å²) in [4.78, 5) is 10.2. The molecule has 0 fully saturated rings. The van der Waals surface area contributed by atoms with E-state index in [-0.39, 0.29) is 12.4 Å². The number of methoxy groups -OCH3 is 3. The Labute approximate surface area is 98.6 Å². The van der Waals surface area contributed by atoms with Gasteiger partial charge in [-0.1, -0.05) is 0 Å². The third-order valence-electron chi connectivity index (χ3n) is 2.09. The van der Waals surface area contributed by atoms with Crippen molar-refractivity contribution >= 4 is 12.4 Å². The van der Waals surface area contributed by atoms with E-state index in [0.29, 0.717) is 22.8 Å². The summed E-state index contributed by atoms with van der Waals surface area (Å²) in [5, 5.41) is 7.50. The second-order valence-electron chi connectivity index (χ2n) is 2.96. The van der Waals surface area contributed by atoms with E-state index in [0.717, 1.165) is 0 Å². The number of rotatable bonds is 5. The van der Waals surface area contributed by atoms with Crippen LogP contribution in [0.4, 0.5) is 0 Å². The number of hydrogen-bond acceptors (Lipinski definition) is 6. The molecule has 0 spiro atoms. The van der Waals surface area contributed by atoms with Gasteiger partial charge in [0, 0.05) is 5.56 Å². The molecular formula is C11H13NO5. The van der Waals surface area contributed by atoms with Crippen molar-refractivity contribution in [3.63, 3.8) is 0 Å². The molecule has 1 aromatic carbocycles. The Morgan fingerprint density at radius 3 is 2.00 bits per heavy atom. The molecule has 17 heavy (non-hydrogen) atoms. The van der Waals surface area contributed by atoms with Gasteiger partial charge in [0.05, 0.1) is 21.3 Å². The Balaban J connectivity index is 3.26. The fraction of sp³-hybridized carbons (Fsp3) is 0.273. The van der Waals surface area contributed by atoms with E-state index in [4.69, 9.17) is 19.6 Å². The molecule has 1 N–H and O–H groups in total. The van der Waals surface area contributed by atoms with Crippen LogP contribution < -0.4 is 14.2 Å². The maximum Gasteiger partial charge on any atom is 0.299 e. The molecule has 6 nitrogen and oxygen atoms in total. The minimum Gasteiger partial charge on any atom is -0.493 e. The topological polar surface area (TPSA) is 77.8 Å². The zero-order valence-corrected chi connectivity index (χ0v) is 9.77. The van der Waals surface area contributed by atoms with Crippen LogP contribution in [-0.4, -0.2) is 33.7 Å². The van der Waals surface area contributed by atoms with Crippen LogP contribution in [0, 0.1) is 5.41 Å². The second kappa shape index (κ2) is 5.74. The first-order valence-corrected chi connectivity index (χ1v) is 4.67. The zero-order chi connectivity index (χ0) is 12.8. The van der Waals surface area contributed by atoms with Gasteiger partial charge < -0.3 is 18.9 Å². The summed E-state index contributed by atoms with van der Waals surface area (Å²) in [5.74, 6) is 0.902. The van der Waals surface area contributed by atoms with Gasteiger partial charge in [-0.25, -0.2) is 0 Å². The lowest BCUT2D eigenvalue weighted by molar-refractivity contribution is -0.121. The van der Waals surface area contributed by atoms with E-state index in [2.05, 4.69) is 4.74 Å². The Morgan fingerprint density at radius 1 is 1.12 bits per heavy atom. The molecule has 0 unspecified atom stereocenters. The fourth-order valence-electron chi connectivity index (χ4n) is 1.33. The quantitative estimate of drug-likeness (QED) is 0.474. The monoisotopic (exact) mass is 239 g/mol. The Hall–Kier alpha value is -2.24. The number of ether oxygens (including phenoxy) is 4. The molecule has 1 aromatic rings. The van der Waals surface area contributed by atoms with Crippen molar-refractivity contribution in [3.05, 3.63) is 17.7 Å². The normalized spacial score (nSPS) is 9.35. The Bertz CT molecular complexity index is 405. The lowest BCUT2D eigenvalue weighted by Gasteiger charge is -2.13. The molecule has 0 bridgehead atoms. The predicted molar refractivity (Wildman–Crippen MR) is 60.1 cm³/mol. The molecule has 92 valence electrons. The first-order valence-electron chi connectivity index (χ1n) is 4.67. The summed E-state index contributed by atoms with van der Waals surface area (Å²) in [6.07, 6.45) is 0. The van der Waals surface area contributed by atoms with Crippen molar-refractivity contribution in [2.45, 2.75) is 0 Å². The molecule has 0 aromatic heterocycles. The summed E-state index contributed by atoms with van der Waals surface area (Å²) in [5.41, 5.74) is 0.353. The molecule has 0 aliphatic carbocycles. The molecule has 0 saturated heterocycles. The molecular weight excluding hydrogens is 226 g/mol. The summed E-state index contributed by atoms with van der Waals surface area (Å²) in [6.45, 7) is 0.186. The molecule has 6 heteroatoms. The van der Waals surface area contributed by atoms with E-state index in [9.17, 15) is 4.79 Å². The highest BCUT2D eigenvalue weighted by molar-refractivity contribution is 5.96. The van der Waals surface area contributed by atoms with Crippen molar-refractivity contribution in [1.29, 1.82) is 5.41 Å². The molecule has 0 atom stereocenters. The van der Waals surface area contributed by atoms with E-state index >= 15 is 0 Å². The fourth-order valence-corrected chi connectivity index (χ4v) is 1.33. The lowest BCUT2D eigenvalue weighted by atomic mass is 10.2. The third kappa shape index (κ3) is 2.66. The van der Waals surface area contributed by atoms with Crippen LogP contribution in [0.25, 0.3) is 0 Å². The van der Waals surface area contributed by atoms with Crippen molar-refractivity contribution in [1.82, 2.24) is 0 Å². The average molecular weight is 239 g/mol. The molecule has 0 aliphatic rings. The largest absolute Gasteiger partial charge is 0.493 e. The van der Waals surface area contributed by atoms with Crippen molar-refractivity contribution < 1.29 is 23.7 Å². The predicted octanol–water partition coefficient (Wildman–Crippen LogP) is 1.21. The van der Waals surface area contributed by atoms with Crippen LogP contribution in [0.5, 0.6) is 17.2 Å². The maximum atomic E-state index is 10.2. The zero-order valence-electron chi connectivity index (χ0n) is 9.77. The molecule has 0 aliphatic heterocycles. The second-order valence-corrected chi connectivity index (χ2v) is 2.96. The average Bonchev–Trinajstić information content (AvgIpc) is 2.37. The summed E-state index contributed by atoms with van der Waals surface area (Å²) < 4.78 is 19.8. The minimum absolute atomic E-state index is 0.186. The van der Waals surface area contributed by atoms with Crippen LogP contribution in [0.1, 0.15) is 5.56 Å². The molecule has 1 rings (SSSR count). The maximum absolute atomic E-state index is 10.2. The van der Waals surface area contributed by atoms with Gasteiger partial charge in [-0.15, -0.1) is 0 Å². The summed E-state index contributed by atoms with van der Waals surface area (Å²) >= 11 is 0. The highest BCUT2D eigenvalue weighted by Gasteiger charge is 2.15. The van der Waals surface area contributed by atoms with Gasteiger partial charge in [0.1, 0.15) is 0 Å². The number of carbonyl (C=O) groups is 1.